The van der Waals surface area contributed by atoms with E-state index in [0.29, 0.717) is 24.3 Å². The minimum Gasteiger partial charge on any atom is -0.415 e. The van der Waals surface area contributed by atoms with Gasteiger partial charge in [0.05, 0.1) is 12.5 Å². The van der Waals surface area contributed by atoms with E-state index < -0.39 is 18.1 Å². The zero-order valence-corrected chi connectivity index (χ0v) is 15.2. The Morgan fingerprint density at radius 1 is 1.17 bits per heavy atom. The Balaban J connectivity index is 1.56. The van der Waals surface area contributed by atoms with Crippen LogP contribution in [0.25, 0.3) is 11.5 Å². The van der Waals surface area contributed by atoms with Crippen molar-refractivity contribution < 1.29 is 22.4 Å². The number of nitrogens with one attached hydrogen (secondary N) is 1. The van der Waals surface area contributed by atoms with Crippen LogP contribution < -0.4 is 10.2 Å². The molecule has 2 aromatic carbocycles. The number of benzene rings is 2. The minimum absolute atomic E-state index is 0.00884. The minimum atomic E-state index is -2.83. The van der Waals surface area contributed by atoms with Gasteiger partial charge in [0.15, 0.2) is 0 Å². The Morgan fingerprint density at radius 3 is 2.52 bits per heavy atom. The molecule has 1 saturated heterocycles. The third kappa shape index (κ3) is 4.14. The van der Waals surface area contributed by atoms with Crippen molar-refractivity contribution in [3.8, 4) is 11.5 Å². The van der Waals surface area contributed by atoms with Gasteiger partial charge in [-0.3, -0.25) is 4.79 Å². The van der Waals surface area contributed by atoms with Gasteiger partial charge in [0.2, 0.25) is 11.8 Å². The molecule has 0 saturated carbocycles. The highest BCUT2D eigenvalue weighted by Gasteiger charge is 2.30. The summed E-state index contributed by atoms with van der Waals surface area (Å²) >= 11 is 0. The van der Waals surface area contributed by atoms with Crippen molar-refractivity contribution in [1.29, 1.82) is 0 Å². The number of hydrogen-bond acceptors (Lipinski definition) is 5. The molecule has 0 atom stereocenters. The summed E-state index contributed by atoms with van der Waals surface area (Å²) in [5, 5.41) is 9.99. The number of carbonyl (C=O) groups is 1. The number of halogens is 3. The Morgan fingerprint density at radius 2 is 1.93 bits per heavy atom. The molecule has 1 amide bonds. The van der Waals surface area contributed by atoms with Crippen LogP contribution in [0.4, 0.5) is 18.9 Å². The summed E-state index contributed by atoms with van der Waals surface area (Å²) in [6.07, 6.45) is -2.83. The van der Waals surface area contributed by atoms with Gasteiger partial charge in [-0.1, -0.05) is 18.2 Å². The van der Waals surface area contributed by atoms with Crippen LogP contribution in [0.3, 0.4) is 0 Å². The number of aromatic nitrogens is 2. The maximum atomic E-state index is 13.7. The van der Waals surface area contributed by atoms with Gasteiger partial charge in [-0.2, -0.15) is 8.78 Å². The van der Waals surface area contributed by atoms with E-state index in [4.69, 9.17) is 4.42 Å². The van der Waals surface area contributed by atoms with Crippen LogP contribution in [0.1, 0.15) is 17.9 Å². The summed E-state index contributed by atoms with van der Waals surface area (Å²) in [5.74, 6) is -1.40. The van der Waals surface area contributed by atoms with Crippen molar-refractivity contribution in [3.05, 3.63) is 65.8 Å². The lowest BCUT2D eigenvalue weighted by atomic mass is 10.0. The van der Waals surface area contributed by atoms with Crippen LogP contribution >= 0.6 is 0 Å². The standard InChI is InChI=1S/C20H17F3N4O2/c21-15-2-1-3-16(8-15)27(20(28)14-9-24-10-14)11-12-4-6-13(7-5-12)18-25-26-19(29-18)17(22)23/h1-8,14,17,24H,9-11H2. The van der Waals surface area contributed by atoms with E-state index >= 15 is 0 Å². The second-order valence-corrected chi connectivity index (χ2v) is 6.70. The van der Waals surface area contributed by atoms with Crippen molar-refractivity contribution in [2.75, 3.05) is 18.0 Å². The number of amides is 1. The van der Waals surface area contributed by atoms with Gasteiger partial charge in [0.1, 0.15) is 5.82 Å². The van der Waals surface area contributed by atoms with Crippen molar-refractivity contribution in [2.45, 2.75) is 13.0 Å². The van der Waals surface area contributed by atoms with E-state index in [2.05, 4.69) is 15.5 Å². The van der Waals surface area contributed by atoms with Gasteiger partial charge in [0.25, 0.3) is 5.89 Å². The highest BCUT2D eigenvalue weighted by Crippen LogP contribution is 2.25. The maximum absolute atomic E-state index is 13.7. The summed E-state index contributed by atoms with van der Waals surface area (Å²) in [5.41, 5.74) is 1.75. The first kappa shape index (κ1) is 19.1. The highest BCUT2D eigenvalue weighted by molar-refractivity contribution is 5.95. The largest absolute Gasteiger partial charge is 0.415 e. The van der Waals surface area contributed by atoms with Crippen molar-refractivity contribution in [1.82, 2.24) is 15.5 Å². The summed E-state index contributed by atoms with van der Waals surface area (Å²) in [7, 11) is 0. The lowest BCUT2D eigenvalue weighted by molar-refractivity contribution is -0.123. The Bertz CT molecular complexity index is 1000. The molecular weight excluding hydrogens is 385 g/mol. The van der Waals surface area contributed by atoms with Gasteiger partial charge < -0.3 is 14.6 Å². The predicted octanol–water partition coefficient (Wildman–Crippen LogP) is 3.57. The van der Waals surface area contributed by atoms with Gasteiger partial charge in [-0.05, 0) is 35.9 Å². The van der Waals surface area contributed by atoms with Crippen LogP contribution in [0.5, 0.6) is 0 Å². The predicted molar refractivity (Wildman–Crippen MR) is 98.6 cm³/mol. The maximum Gasteiger partial charge on any atom is 0.314 e. The second kappa shape index (κ2) is 8.04. The number of alkyl halides is 2. The summed E-state index contributed by atoms with van der Waals surface area (Å²) in [6.45, 7) is 1.42. The molecule has 0 radical (unpaired) electrons. The average Bonchev–Trinajstić information content (AvgIpc) is 3.15. The average molecular weight is 402 g/mol. The fourth-order valence-electron chi connectivity index (χ4n) is 3.00. The first-order chi connectivity index (χ1) is 14.0. The SMILES string of the molecule is O=C(C1CNC1)N(Cc1ccc(-c2nnc(C(F)F)o2)cc1)c1cccc(F)c1. The summed E-state index contributed by atoms with van der Waals surface area (Å²) in [6, 6.07) is 12.7. The molecule has 1 aliphatic rings. The van der Waals surface area contributed by atoms with Crippen LogP contribution in [0.15, 0.2) is 52.9 Å². The molecule has 2 heterocycles. The van der Waals surface area contributed by atoms with E-state index in [1.165, 1.54) is 12.1 Å². The van der Waals surface area contributed by atoms with E-state index in [-0.39, 0.29) is 24.3 Å². The van der Waals surface area contributed by atoms with Crippen molar-refractivity contribution in [2.24, 2.45) is 5.92 Å². The molecule has 6 nitrogen and oxygen atoms in total. The van der Waals surface area contributed by atoms with Gasteiger partial charge in [-0.15, -0.1) is 10.2 Å². The molecule has 29 heavy (non-hydrogen) atoms. The molecule has 0 unspecified atom stereocenters. The smallest absolute Gasteiger partial charge is 0.314 e. The summed E-state index contributed by atoms with van der Waals surface area (Å²) in [4.78, 5) is 14.4. The third-order valence-electron chi connectivity index (χ3n) is 4.69. The molecule has 0 bridgehead atoms. The molecule has 1 aromatic heterocycles. The molecule has 150 valence electrons. The van der Waals surface area contributed by atoms with Gasteiger partial charge in [0, 0.05) is 24.3 Å². The van der Waals surface area contributed by atoms with Gasteiger partial charge >= 0.3 is 6.43 Å². The lowest BCUT2D eigenvalue weighted by Gasteiger charge is -2.32. The van der Waals surface area contributed by atoms with E-state index in [1.807, 2.05) is 0 Å². The van der Waals surface area contributed by atoms with Crippen LogP contribution in [-0.4, -0.2) is 29.2 Å². The molecule has 9 heteroatoms. The zero-order valence-electron chi connectivity index (χ0n) is 15.2. The molecule has 1 fully saturated rings. The molecule has 1 N–H and O–H groups in total. The molecular formula is C20H17F3N4O2. The van der Waals surface area contributed by atoms with Crippen LogP contribution in [0, 0.1) is 11.7 Å². The number of anilines is 1. The van der Waals surface area contributed by atoms with E-state index in [0.717, 1.165) is 5.56 Å². The lowest BCUT2D eigenvalue weighted by Crippen LogP contribution is -2.52. The van der Waals surface area contributed by atoms with Crippen molar-refractivity contribution >= 4 is 11.6 Å². The second-order valence-electron chi connectivity index (χ2n) is 6.70. The third-order valence-corrected chi connectivity index (χ3v) is 4.69. The molecule has 1 aliphatic heterocycles. The first-order valence-corrected chi connectivity index (χ1v) is 9.00. The van der Waals surface area contributed by atoms with Crippen LogP contribution in [-0.2, 0) is 11.3 Å². The molecule has 0 spiro atoms. The van der Waals surface area contributed by atoms with Crippen LogP contribution in [0.2, 0.25) is 0 Å². The summed E-state index contributed by atoms with van der Waals surface area (Å²) < 4.78 is 43.8. The Hall–Kier alpha value is -3.20. The topological polar surface area (TPSA) is 71.3 Å². The molecule has 3 aromatic rings. The Labute approximate surface area is 164 Å². The quantitative estimate of drug-likeness (QED) is 0.683. The number of carbonyl (C=O) groups excluding carboxylic acids is 1. The molecule has 4 rings (SSSR count). The monoisotopic (exact) mass is 402 g/mol. The number of nitrogens with zero attached hydrogens (tertiary/aromatic N) is 3. The number of hydrogen-bond donors (Lipinski definition) is 1. The number of rotatable bonds is 6. The fraction of sp³-hybridized carbons (Fsp3) is 0.250. The van der Waals surface area contributed by atoms with E-state index in [9.17, 15) is 18.0 Å². The van der Waals surface area contributed by atoms with Crippen molar-refractivity contribution in [3.63, 3.8) is 0 Å². The Kier molecular flexibility index (Phi) is 5.30. The normalized spacial score (nSPS) is 14.1. The zero-order chi connectivity index (χ0) is 20.4. The highest BCUT2D eigenvalue weighted by atomic mass is 19.3. The van der Waals surface area contributed by atoms with Gasteiger partial charge in [-0.25, -0.2) is 4.39 Å². The van der Waals surface area contributed by atoms with E-state index in [1.54, 1.807) is 41.3 Å². The fourth-order valence-corrected chi connectivity index (χ4v) is 3.00. The molecule has 0 aliphatic carbocycles. The first-order valence-electron chi connectivity index (χ1n) is 9.00.